The molecule has 0 amide bonds. The van der Waals surface area contributed by atoms with Crippen molar-refractivity contribution in [2.75, 3.05) is 13.2 Å². The third-order valence-electron chi connectivity index (χ3n) is 3.19. The molecule has 0 aliphatic carbocycles. The van der Waals surface area contributed by atoms with E-state index in [0.717, 1.165) is 0 Å². The molecule has 0 bridgehead atoms. The summed E-state index contributed by atoms with van der Waals surface area (Å²) >= 11 is 0. The lowest BCUT2D eigenvalue weighted by Crippen LogP contribution is -2.26. The molecule has 0 aromatic heterocycles. The zero-order valence-corrected chi connectivity index (χ0v) is 14.9. The van der Waals surface area contributed by atoms with Crippen molar-refractivity contribution in [2.45, 2.75) is 33.0 Å². The first-order valence-electron chi connectivity index (χ1n) is 8.11. The minimum atomic E-state index is -5.22. The zero-order chi connectivity index (χ0) is 20.4. The Hall–Kier alpha value is -2.84. The predicted octanol–water partition coefficient (Wildman–Crippen LogP) is 3.52. The zero-order valence-electron chi connectivity index (χ0n) is 14.9. The Morgan fingerprint density at radius 1 is 1.07 bits per heavy atom. The smallest absolute Gasteiger partial charge is 0.449 e. The molecular weight excluding hydrogens is 367 g/mol. The molecule has 0 atom stereocenters. The summed E-state index contributed by atoms with van der Waals surface area (Å²) in [5, 5.41) is 9.57. The van der Waals surface area contributed by atoms with Gasteiger partial charge < -0.3 is 14.6 Å². The number of carbonyl (C=O) groups is 2. The fourth-order valence-corrected chi connectivity index (χ4v) is 2.04. The number of rotatable bonds is 8. The van der Waals surface area contributed by atoms with Gasteiger partial charge in [0.25, 0.3) is 0 Å². The summed E-state index contributed by atoms with van der Waals surface area (Å²) < 4.78 is 48.4. The third kappa shape index (κ3) is 7.12. The Balaban J connectivity index is 3.40. The largest absolute Gasteiger partial charge is 0.504 e. The average molecular weight is 387 g/mol. The van der Waals surface area contributed by atoms with Crippen LogP contribution in [0, 0.1) is 0 Å². The average Bonchev–Trinajstić information content (AvgIpc) is 2.60. The van der Waals surface area contributed by atoms with E-state index in [9.17, 15) is 27.9 Å². The van der Waals surface area contributed by atoms with Gasteiger partial charge in [0, 0.05) is 0 Å². The number of halogens is 3. The molecule has 1 rings (SSSR count). The van der Waals surface area contributed by atoms with Crippen LogP contribution in [0.25, 0.3) is 0 Å². The van der Waals surface area contributed by atoms with Gasteiger partial charge in [-0.3, -0.25) is 9.79 Å². The van der Waals surface area contributed by atoms with Crippen LogP contribution in [0.3, 0.4) is 0 Å². The van der Waals surface area contributed by atoms with Crippen molar-refractivity contribution >= 4 is 17.7 Å². The van der Waals surface area contributed by atoms with E-state index in [-0.39, 0.29) is 19.8 Å². The van der Waals surface area contributed by atoms with E-state index in [2.05, 4.69) is 9.73 Å². The van der Waals surface area contributed by atoms with Crippen molar-refractivity contribution in [3.05, 3.63) is 47.2 Å². The fourth-order valence-electron chi connectivity index (χ4n) is 2.04. The number of aliphatic imine (C=N–C) groups is 1. The van der Waals surface area contributed by atoms with Crippen LogP contribution < -0.4 is 0 Å². The SMILES string of the molecule is CCOC(=O)CC(=NCc1ccccc1)C(C(=O)OCC)=C(O)C(F)(F)F. The Bertz CT molecular complexity index is 711. The molecule has 9 heteroatoms. The van der Waals surface area contributed by atoms with Gasteiger partial charge in [0.15, 0.2) is 0 Å². The Morgan fingerprint density at radius 3 is 2.19 bits per heavy atom. The third-order valence-corrected chi connectivity index (χ3v) is 3.19. The molecule has 148 valence electrons. The first kappa shape index (κ1) is 22.2. The summed E-state index contributed by atoms with van der Waals surface area (Å²) in [4.78, 5) is 27.8. The molecule has 6 nitrogen and oxygen atoms in total. The second-order valence-electron chi connectivity index (χ2n) is 5.17. The van der Waals surface area contributed by atoms with Gasteiger partial charge in [-0.25, -0.2) is 4.79 Å². The van der Waals surface area contributed by atoms with Crippen molar-refractivity contribution in [3.8, 4) is 0 Å². The lowest BCUT2D eigenvalue weighted by atomic mass is 10.1. The molecule has 0 aliphatic heterocycles. The van der Waals surface area contributed by atoms with E-state index >= 15 is 0 Å². The predicted molar refractivity (Wildman–Crippen MR) is 91.2 cm³/mol. The van der Waals surface area contributed by atoms with Crippen LogP contribution in [0.2, 0.25) is 0 Å². The Kier molecular flexibility index (Phi) is 8.50. The topological polar surface area (TPSA) is 85.2 Å². The highest BCUT2D eigenvalue weighted by Crippen LogP contribution is 2.28. The number of esters is 2. The highest BCUT2D eigenvalue weighted by atomic mass is 19.4. The molecule has 27 heavy (non-hydrogen) atoms. The van der Waals surface area contributed by atoms with Crippen molar-refractivity contribution in [1.82, 2.24) is 0 Å². The van der Waals surface area contributed by atoms with E-state index < -0.39 is 41.6 Å². The fraction of sp³-hybridized carbons (Fsp3) is 0.389. The van der Waals surface area contributed by atoms with Crippen LogP contribution in [-0.2, 0) is 25.6 Å². The Morgan fingerprint density at radius 2 is 1.67 bits per heavy atom. The van der Waals surface area contributed by atoms with Crippen LogP contribution in [0.1, 0.15) is 25.8 Å². The number of benzene rings is 1. The van der Waals surface area contributed by atoms with Crippen molar-refractivity contribution in [2.24, 2.45) is 4.99 Å². The lowest BCUT2D eigenvalue weighted by Gasteiger charge is -2.14. The van der Waals surface area contributed by atoms with Crippen LogP contribution in [0.5, 0.6) is 0 Å². The van der Waals surface area contributed by atoms with Gasteiger partial charge in [-0.2, -0.15) is 13.2 Å². The van der Waals surface area contributed by atoms with Gasteiger partial charge in [0.05, 0.1) is 31.9 Å². The summed E-state index contributed by atoms with van der Waals surface area (Å²) in [7, 11) is 0. The number of aliphatic hydroxyl groups excluding tert-OH is 1. The molecule has 0 fully saturated rings. The molecule has 0 unspecified atom stereocenters. The minimum absolute atomic E-state index is 0.00545. The van der Waals surface area contributed by atoms with E-state index in [1.807, 2.05) is 0 Å². The number of allylic oxidation sites excluding steroid dienone is 1. The standard InChI is InChI=1S/C18H20F3NO5/c1-3-26-14(23)10-13(22-11-12-8-6-5-7-9-12)15(17(25)27-4-2)16(24)18(19,20)21/h5-9,24H,3-4,10-11H2,1-2H3. The second-order valence-corrected chi connectivity index (χ2v) is 5.17. The van der Waals surface area contributed by atoms with Gasteiger partial charge in [0.1, 0.15) is 5.57 Å². The first-order valence-corrected chi connectivity index (χ1v) is 8.11. The summed E-state index contributed by atoms with van der Waals surface area (Å²) in [6.07, 6.45) is -5.95. The first-order chi connectivity index (χ1) is 12.7. The van der Waals surface area contributed by atoms with Crippen LogP contribution >= 0.6 is 0 Å². The summed E-state index contributed by atoms with van der Waals surface area (Å²) in [6.45, 7) is 2.58. The lowest BCUT2D eigenvalue weighted by molar-refractivity contribution is -0.142. The van der Waals surface area contributed by atoms with Crippen LogP contribution in [0.4, 0.5) is 13.2 Å². The molecule has 0 radical (unpaired) electrons. The second kappa shape index (κ2) is 10.3. The maximum atomic E-state index is 13.0. The van der Waals surface area contributed by atoms with Gasteiger partial charge in [-0.05, 0) is 19.4 Å². The number of ether oxygens (including phenoxy) is 2. The summed E-state index contributed by atoms with van der Waals surface area (Å²) in [5.41, 5.74) is -1.13. The van der Waals surface area contributed by atoms with Gasteiger partial charge in [0.2, 0.25) is 5.76 Å². The molecule has 0 saturated heterocycles. The van der Waals surface area contributed by atoms with Gasteiger partial charge in [-0.1, -0.05) is 30.3 Å². The monoisotopic (exact) mass is 387 g/mol. The molecule has 0 spiro atoms. The van der Waals surface area contributed by atoms with E-state index in [1.54, 1.807) is 30.3 Å². The minimum Gasteiger partial charge on any atom is -0.504 e. The van der Waals surface area contributed by atoms with E-state index in [1.165, 1.54) is 13.8 Å². The quantitative estimate of drug-likeness (QED) is 0.319. The molecule has 0 aliphatic rings. The number of carbonyl (C=O) groups excluding carboxylic acids is 2. The molecule has 1 N–H and O–H groups in total. The molecule has 1 aromatic carbocycles. The van der Waals surface area contributed by atoms with E-state index in [4.69, 9.17) is 4.74 Å². The molecular formula is C18H20F3NO5. The number of hydrogen-bond acceptors (Lipinski definition) is 6. The Labute approximate surface area is 154 Å². The van der Waals surface area contributed by atoms with Crippen molar-refractivity contribution in [1.29, 1.82) is 0 Å². The van der Waals surface area contributed by atoms with Gasteiger partial charge in [-0.15, -0.1) is 0 Å². The normalized spacial score (nSPS) is 13.0. The maximum Gasteiger partial charge on any atom is 0.449 e. The van der Waals surface area contributed by atoms with Gasteiger partial charge >= 0.3 is 18.1 Å². The number of aliphatic hydroxyl groups is 1. The van der Waals surface area contributed by atoms with Crippen molar-refractivity contribution in [3.63, 3.8) is 0 Å². The van der Waals surface area contributed by atoms with Crippen LogP contribution in [0.15, 0.2) is 46.7 Å². The molecule has 1 aromatic rings. The highest BCUT2D eigenvalue weighted by molar-refractivity contribution is 6.24. The number of nitrogens with zero attached hydrogens (tertiary/aromatic N) is 1. The van der Waals surface area contributed by atoms with Crippen LogP contribution in [-0.4, -0.2) is 42.1 Å². The molecule has 0 saturated carbocycles. The highest BCUT2D eigenvalue weighted by Gasteiger charge is 2.41. The molecule has 0 heterocycles. The maximum absolute atomic E-state index is 13.0. The van der Waals surface area contributed by atoms with Crippen molar-refractivity contribution < 1.29 is 37.3 Å². The summed E-state index contributed by atoms with van der Waals surface area (Å²) in [6, 6.07) is 8.48. The number of hydrogen-bond donors (Lipinski definition) is 1. The summed E-state index contributed by atoms with van der Waals surface area (Å²) in [5.74, 6) is -4.48. The van der Waals surface area contributed by atoms with E-state index in [0.29, 0.717) is 5.56 Å². The number of alkyl halides is 3.